The maximum atomic E-state index is 5.96. The zero-order valence-electron chi connectivity index (χ0n) is 13.4. The van der Waals surface area contributed by atoms with E-state index >= 15 is 0 Å². The van der Waals surface area contributed by atoms with E-state index in [1.807, 2.05) is 0 Å². The Morgan fingerprint density at radius 1 is 1.20 bits per heavy atom. The predicted octanol–water partition coefficient (Wildman–Crippen LogP) is 4.14. The highest BCUT2D eigenvalue weighted by molar-refractivity contribution is 5.31. The summed E-state index contributed by atoms with van der Waals surface area (Å²) in [5.41, 5.74) is 1.64. The minimum absolute atomic E-state index is 0.249. The lowest BCUT2D eigenvalue weighted by Gasteiger charge is -2.23. The van der Waals surface area contributed by atoms with Crippen LogP contribution in [-0.4, -0.2) is 19.2 Å². The van der Waals surface area contributed by atoms with Crippen molar-refractivity contribution in [3.05, 3.63) is 29.8 Å². The van der Waals surface area contributed by atoms with Gasteiger partial charge in [0.05, 0.1) is 0 Å². The molecule has 2 nitrogen and oxygen atoms in total. The Morgan fingerprint density at radius 3 is 2.35 bits per heavy atom. The molecule has 20 heavy (non-hydrogen) atoms. The topological polar surface area (TPSA) is 21.3 Å². The summed E-state index contributed by atoms with van der Waals surface area (Å²) >= 11 is 0. The van der Waals surface area contributed by atoms with Crippen LogP contribution < -0.4 is 10.1 Å². The van der Waals surface area contributed by atoms with E-state index in [0.29, 0.717) is 6.04 Å². The third kappa shape index (κ3) is 3.99. The maximum absolute atomic E-state index is 5.96. The van der Waals surface area contributed by atoms with E-state index in [2.05, 4.69) is 57.3 Å². The van der Waals surface area contributed by atoms with E-state index in [1.54, 1.807) is 0 Å². The van der Waals surface area contributed by atoms with Crippen molar-refractivity contribution >= 4 is 0 Å². The standard InChI is InChI=1S/C18H29NO/c1-5-18(3,4)15-9-11-16(12-10-15)20-13-17(19-6-2)14-7-8-14/h9-12,14,17,19H,5-8,13H2,1-4H3. The molecule has 0 spiro atoms. The zero-order chi connectivity index (χ0) is 14.6. The fourth-order valence-electron chi connectivity index (χ4n) is 2.51. The van der Waals surface area contributed by atoms with Crippen LogP contribution >= 0.6 is 0 Å². The highest BCUT2D eigenvalue weighted by atomic mass is 16.5. The van der Waals surface area contributed by atoms with E-state index in [4.69, 9.17) is 4.74 Å². The maximum Gasteiger partial charge on any atom is 0.119 e. The Bertz CT molecular complexity index is 406. The lowest BCUT2D eigenvalue weighted by Crippen LogP contribution is -2.36. The number of likely N-dealkylation sites (N-methyl/N-ethyl adjacent to an activating group) is 1. The molecule has 0 radical (unpaired) electrons. The van der Waals surface area contributed by atoms with Gasteiger partial charge in [0.25, 0.3) is 0 Å². The van der Waals surface area contributed by atoms with Crippen molar-refractivity contribution in [1.82, 2.24) is 5.32 Å². The van der Waals surface area contributed by atoms with Crippen molar-refractivity contribution in [3.63, 3.8) is 0 Å². The summed E-state index contributed by atoms with van der Waals surface area (Å²) in [6.45, 7) is 10.8. The number of benzene rings is 1. The van der Waals surface area contributed by atoms with Crippen LogP contribution in [0.2, 0.25) is 0 Å². The molecule has 0 bridgehead atoms. The second kappa shape index (κ2) is 6.62. The monoisotopic (exact) mass is 275 g/mol. The molecule has 1 aromatic rings. The molecule has 1 N–H and O–H groups in total. The first-order chi connectivity index (χ1) is 9.56. The molecule has 1 saturated carbocycles. The van der Waals surface area contributed by atoms with E-state index in [9.17, 15) is 0 Å². The second-order valence-electron chi connectivity index (χ2n) is 6.57. The number of hydrogen-bond acceptors (Lipinski definition) is 2. The molecule has 112 valence electrons. The van der Waals surface area contributed by atoms with Gasteiger partial charge in [-0.2, -0.15) is 0 Å². The average Bonchev–Trinajstić information content (AvgIpc) is 3.28. The minimum Gasteiger partial charge on any atom is -0.492 e. The fraction of sp³-hybridized carbons (Fsp3) is 0.667. The largest absolute Gasteiger partial charge is 0.492 e. The molecule has 0 aromatic heterocycles. The van der Waals surface area contributed by atoms with Gasteiger partial charge in [-0.3, -0.25) is 0 Å². The van der Waals surface area contributed by atoms with Crippen molar-refractivity contribution < 1.29 is 4.74 Å². The Hall–Kier alpha value is -1.02. The molecule has 2 heteroatoms. The van der Waals surface area contributed by atoms with Gasteiger partial charge in [0, 0.05) is 6.04 Å². The summed E-state index contributed by atoms with van der Waals surface area (Å²) in [4.78, 5) is 0. The fourth-order valence-corrected chi connectivity index (χ4v) is 2.51. The normalized spacial score (nSPS) is 17.0. The van der Waals surface area contributed by atoms with Crippen LogP contribution in [0.25, 0.3) is 0 Å². The van der Waals surface area contributed by atoms with E-state index in [-0.39, 0.29) is 5.41 Å². The number of nitrogens with one attached hydrogen (secondary N) is 1. The molecule has 1 aliphatic carbocycles. The van der Waals surface area contributed by atoms with Gasteiger partial charge in [0.2, 0.25) is 0 Å². The summed E-state index contributed by atoms with van der Waals surface area (Å²) in [5.74, 6) is 1.82. The average molecular weight is 275 g/mol. The molecule has 2 rings (SSSR count). The van der Waals surface area contributed by atoms with Gasteiger partial charge in [-0.15, -0.1) is 0 Å². The SMILES string of the molecule is CCNC(COc1ccc(C(C)(C)CC)cc1)C1CC1. The first-order valence-electron chi connectivity index (χ1n) is 8.03. The molecule has 0 heterocycles. The van der Waals surface area contributed by atoms with Crippen LogP contribution in [0.5, 0.6) is 5.75 Å². The van der Waals surface area contributed by atoms with Crippen molar-refractivity contribution in [2.45, 2.75) is 58.4 Å². The lowest BCUT2D eigenvalue weighted by atomic mass is 9.82. The van der Waals surface area contributed by atoms with E-state index in [0.717, 1.165) is 31.2 Å². The van der Waals surface area contributed by atoms with Gasteiger partial charge in [-0.25, -0.2) is 0 Å². The number of ether oxygens (including phenoxy) is 1. The van der Waals surface area contributed by atoms with Crippen molar-refractivity contribution in [2.24, 2.45) is 5.92 Å². The van der Waals surface area contributed by atoms with Crippen LogP contribution in [0, 0.1) is 5.92 Å². The molecule has 1 unspecified atom stereocenters. The molecule has 0 saturated heterocycles. The molecular weight excluding hydrogens is 246 g/mol. The summed E-state index contributed by atoms with van der Waals surface area (Å²) in [6.07, 6.45) is 3.85. The quantitative estimate of drug-likeness (QED) is 0.770. The Kier molecular flexibility index (Phi) is 5.09. The summed E-state index contributed by atoms with van der Waals surface area (Å²) in [5, 5.41) is 3.53. The van der Waals surface area contributed by atoms with Crippen LogP contribution in [0.15, 0.2) is 24.3 Å². The van der Waals surface area contributed by atoms with Gasteiger partial charge in [-0.05, 0) is 54.8 Å². The zero-order valence-corrected chi connectivity index (χ0v) is 13.4. The van der Waals surface area contributed by atoms with Crippen LogP contribution in [0.4, 0.5) is 0 Å². The minimum atomic E-state index is 0.249. The van der Waals surface area contributed by atoms with Gasteiger partial charge in [0.15, 0.2) is 0 Å². The van der Waals surface area contributed by atoms with Crippen molar-refractivity contribution in [3.8, 4) is 5.75 Å². The van der Waals surface area contributed by atoms with Gasteiger partial charge in [0.1, 0.15) is 12.4 Å². The van der Waals surface area contributed by atoms with Gasteiger partial charge >= 0.3 is 0 Å². The molecule has 0 amide bonds. The molecule has 1 aromatic carbocycles. The molecule has 1 aliphatic rings. The Labute approximate surface area is 123 Å². The van der Waals surface area contributed by atoms with Crippen LogP contribution in [0.1, 0.15) is 52.5 Å². The van der Waals surface area contributed by atoms with Crippen molar-refractivity contribution in [1.29, 1.82) is 0 Å². The summed E-state index contributed by atoms with van der Waals surface area (Å²) < 4.78 is 5.96. The molecule has 0 aliphatic heterocycles. The second-order valence-corrected chi connectivity index (χ2v) is 6.57. The smallest absolute Gasteiger partial charge is 0.119 e. The number of rotatable bonds is 8. The summed E-state index contributed by atoms with van der Waals surface area (Å²) in [7, 11) is 0. The summed E-state index contributed by atoms with van der Waals surface area (Å²) in [6, 6.07) is 9.16. The van der Waals surface area contributed by atoms with E-state index < -0.39 is 0 Å². The van der Waals surface area contributed by atoms with E-state index in [1.165, 1.54) is 18.4 Å². The van der Waals surface area contributed by atoms with Crippen LogP contribution in [0.3, 0.4) is 0 Å². The van der Waals surface area contributed by atoms with Gasteiger partial charge in [-0.1, -0.05) is 39.8 Å². The Morgan fingerprint density at radius 2 is 1.85 bits per heavy atom. The van der Waals surface area contributed by atoms with Gasteiger partial charge < -0.3 is 10.1 Å². The highest BCUT2D eigenvalue weighted by Gasteiger charge is 2.31. The highest BCUT2D eigenvalue weighted by Crippen LogP contribution is 2.33. The molecule has 1 atom stereocenters. The predicted molar refractivity (Wildman–Crippen MR) is 85.4 cm³/mol. The third-order valence-electron chi connectivity index (χ3n) is 4.61. The van der Waals surface area contributed by atoms with Crippen molar-refractivity contribution in [2.75, 3.05) is 13.2 Å². The molecule has 1 fully saturated rings. The van der Waals surface area contributed by atoms with Crippen LogP contribution in [-0.2, 0) is 5.41 Å². The first-order valence-corrected chi connectivity index (χ1v) is 8.03. The number of hydrogen-bond donors (Lipinski definition) is 1. The Balaban J connectivity index is 1.90. The molecular formula is C18H29NO. The lowest BCUT2D eigenvalue weighted by molar-refractivity contribution is 0.251. The first kappa shape index (κ1) is 15.4. The third-order valence-corrected chi connectivity index (χ3v) is 4.61.